The molecule has 0 fully saturated rings. The van der Waals surface area contributed by atoms with Crippen molar-refractivity contribution < 1.29 is 27.5 Å². The van der Waals surface area contributed by atoms with E-state index in [-0.39, 0.29) is 16.2 Å². The summed E-state index contributed by atoms with van der Waals surface area (Å²) >= 11 is 0. The maximum atomic E-state index is 11.9. The zero-order valence-corrected chi connectivity index (χ0v) is 14.4. The molecule has 0 aliphatic heterocycles. The van der Waals surface area contributed by atoms with Crippen LogP contribution in [0.3, 0.4) is 0 Å². The van der Waals surface area contributed by atoms with Gasteiger partial charge in [-0.15, -0.1) is 0 Å². The van der Waals surface area contributed by atoms with Crippen LogP contribution in [0.2, 0.25) is 0 Å². The molecular weight excluding hydrogens is 348 g/mol. The number of nitrogens with zero attached hydrogens (tertiary/aromatic N) is 1. The van der Waals surface area contributed by atoms with E-state index in [0.717, 1.165) is 12.3 Å². The molecule has 0 bridgehead atoms. The van der Waals surface area contributed by atoms with E-state index in [9.17, 15) is 22.8 Å². The number of nitrogens with one attached hydrogen (secondary N) is 1. The number of ether oxygens (including phenoxy) is 1. The van der Waals surface area contributed by atoms with Gasteiger partial charge in [-0.05, 0) is 30.3 Å². The fraction of sp³-hybridized carbons (Fsp3) is 0.188. The Morgan fingerprint density at radius 1 is 1.16 bits per heavy atom. The van der Waals surface area contributed by atoms with Gasteiger partial charge in [0, 0.05) is 19.5 Å². The molecule has 9 heteroatoms. The molecule has 0 saturated carbocycles. The summed E-state index contributed by atoms with van der Waals surface area (Å²) in [7, 11) is -1.82. The summed E-state index contributed by atoms with van der Waals surface area (Å²) in [6.07, 6.45) is 2.66. The summed E-state index contributed by atoms with van der Waals surface area (Å²) in [6, 6.07) is 8.44. The lowest BCUT2D eigenvalue weighted by molar-refractivity contribution is -0.123. The van der Waals surface area contributed by atoms with Crippen LogP contribution in [0.25, 0.3) is 0 Å². The molecule has 1 heterocycles. The Labute approximate surface area is 144 Å². The maximum absolute atomic E-state index is 11.9. The van der Waals surface area contributed by atoms with Crippen molar-refractivity contribution in [1.29, 1.82) is 0 Å². The highest BCUT2D eigenvalue weighted by Crippen LogP contribution is 2.12. The van der Waals surface area contributed by atoms with Gasteiger partial charge in [0.1, 0.15) is 5.69 Å². The zero-order chi connectivity index (χ0) is 18.6. The summed E-state index contributed by atoms with van der Waals surface area (Å²) in [4.78, 5) is 35.4. The number of rotatable bonds is 5. The van der Waals surface area contributed by atoms with Crippen LogP contribution in [0.1, 0.15) is 20.8 Å². The highest BCUT2D eigenvalue weighted by atomic mass is 32.2. The standard InChI is InChI=1S/C16H16N2O6S/c1-18-8-4-7-13(18)15(20)17-14(19)10-24-16(21)11-5-3-6-12(9-11)25(2,22)23/h3-9H,10H2,1-2H3,(H,17,19,20). The van der Waals surface area contributed by atoms with Crippen molar-refractivity contribution in [3.63, 3.8) is 0 Å². The third-order valence-electron chi connectivity index (χ3n) is 3.26. The number of hydrogen-bond acceptors (Lipinski definition) is 6. The zero-order valence-electron chi connectivity index (χ0n) is 13.6. The van der Waals surface area contributed by atoms with E-state index in [2.05, 4.69) is 5.32 Å². The molecule has 0 unspecified atom stereocenters. The average molecular weight is 364 g/mol. The van der Waals surface area contributed by atoms with Crippen LogP contribution in [-0.2, 0) is 26.4 Å². The minimum atomic E-state index is -3.47. The summed E-state index contributed by atoms with van der Waals surface area (Å²) in [5.41, 5.74) is 0.269. The van der Waals surface area contributed by atoms with E-state index in [4.69, 9.17) is 4.74 Å². The van der Waals surface area contributed by atoms with Crippen LogP contribution in [0.5, 0.6) is 0 Å². The van der Waals surface area contributed by atoms with Gasteiger partial charge in [-0.25, -0.2) is 13.2 Å². The largest absolute Gasteiger partial charge is 0.452 e. The van der Waals surface area contributed by atoms with E-state index >= 15 is 0 Å². The van der Waals surface area contributed by atoms with Crippen LogP contribution < -0.4 is 5.32 Å². The topological polar surface area (TPSA) is 112 Å². The van der Waals surface area contributed by atoms with E-state index in [1.54, 1.807) is 19.3 Å². The molecule has 2 rings (SSSR count). The first-order valence-corrected chi connectivity index (χ1v) is 9.00. The van der Waals surface area contributed by atoms with E-state index in [0.29, 0.717) is 0 Å². The van der Waals surface area contributed by atoms with Crippen molar-refractivity contribution in [3.8, 4) is 0 Å². The lowest BCUT2D eigenvalue weighted by atomic mass is 10.2. The van der Waals surface area contributed by atoms with Gasteiger partial charge < -0.3 is 9.30 Å². The number of carbonyl (C=O) groups excluding carboxylic acids is 3. The Morgan fingerprint density at radius 2 is 1.88 bits per heavy atom. The van der Waals surface area contributed by atoms with Crippen LogP contribution in [-0.4, -0.2) is 43.6 Å². The molecule has 1 aromatic carbocycles. The van der Waals surface area contributed by atoms with Gasteiger partial charge in [0.2, 0.25) is 0 Å². The molecule has 0 saturated heterocycles. The summed E-state index contributed by atoms with van der Waals surface area (Å²) in [5, 5.41) is 2.09. The number of aryl methyl sites for hydroxylation is 1. The predicted molar refractivity (Wildman–Crippen MR) is 87.7 cm³/mol. The normalized spacial score (nSPS) is 11.0. The number of carbonyl (C=O) groups is 3. The predicted octanol–water partition coefficient (Wildman–Crippen LogP) is 0.542. The third kappa shape index (κ3) is 4.77. The molecule has 0 aliphatic carbocycles. The van der Waals surface area contributed by atoms with Gasteiger partial charge in [0.05, 0.1) is 10.5 Å². The Hall–Kier alpha value is -2.94. The molecule has 25 heavy (non-hydrogen) atoms. The first-order valence-electron chi connectivity index (χ1n) is 7.11. The smallest absolute Gasteiger partial charge is 0.338 e. The van der Waals surface area contributed by atoms with Crippen molar-refractivity contribution in [2.75, 3.05) is 12.9 Å². The fourth-order valence-corrected chi connectivity index (χ4v) is 2.66. The highest BCUT2D eigenvalue weighted by molar-refractivity contribution is 7.90. The Morgan fingerprint density at radius 3 is 2.48 bits per heavy atom. The van der Waals surface area contributed by atoms with Gasteiger partial charge in [-0.3, -0.25) is 14.9 Å². The lowest BCUT2D eigenvalue weighted by Gasteiger charge is -2.07. The van der Waals surface area contributed by atoms with Crippen LogP contribution in [0, 0.1) is 0 Å². The average Bonchev–Trinajstić information content (AvgIpc) is 2.98. The molecule has 132 valence electrons. The number of hydrogen-bond donors (Lipinski definition) is 1. The molecule has 0 aliphatic rings. The van der Waals surface area contributed by atoms with Crippen molar-refractivity contribution in [2.24, 2.45) is 7.05 Å². The van der Waals surface area contributed by atoms with Gasteiger partial charge >= 0.3 is 5.97 Å². The molecule has 0 spiro atoms. The van der Waals surface area contributed by atoms with Gasteiger partial charge in [0.15, 0.2) is 16.4 Å². The second-order valence-corrected chi connectivity index (χ2v) is 7.27. The Bertz CT molecular complexity index is 930. The van der Waals surface area contributed by atoms with E-state index in [1.807, 2.05) is 0 Å². The van der Waals surface area contributed by atoms with Crippen molar-refractivity contribution in [2.45, 2.75) is 4.90 Å². The van der Waals surface area contributed by atoms with Crippen LogP contribution in [0.15, 0.2) is 47.5 Å². The Kier molecular flexibility index (Phi) is 5.38. The first kappa shape index (κ1) is 18.4. The quantitative estimate of drug-likeness (QED) is 0.775. The number of benzene rings is 1. The summed E-state index contributed by atoms with van der Waals surface area (Å²) in [6.45, 7) is -0.669. The molecule has 1 N–H and O–H groups in total. The minimum Gasteiger partial charge on any atom is -0.452 e. The van der Waals surface area contributed by atoms with Crippen molar-refractivity contribution in [1.82, 2.24) is 9.88 Å². The molecule has 0 radical (unpaired) electrons. The SMILES string of the molecule is Cn1cccc1C(=O)NC(=O)COC(=O)c1cccc(S(C)(=O)=O)c1. The molecule has 1 aromatic heterocycles. The number of esters is 1. The van der Waals surface area contributed by atoms with Crippen LogP contribution in [0.4, 0.5) is 0 Å². The summed E-state index contributed by atoms with van der Waals surface area (Å²) < 4.78 is 29.3. The molecule has 2 amide bonds. The second-order valence-electron chi connectivity index (χ2n) is 5.26. The Balaban J connectivity index is 1.95. The molecule has 8 nitrogen and oxygen atoms in total. The van der Waals surface area contributed by atoms with Gasteiger partial charge in [-0.2, -0.15) is 0 Å². The molecule has 2 aromatic rings. The van der Waals surface area contributed by atoms with Gasteiger partial charge in [-0.1, -0.05) is 6.07 Å². The van der Waals surface area contributed by atoms with Crippen molar-refractivity contribution in [3.05, 3.63) is 53.9 Å². The monoisotopic (exact) mass is 364 g/mol. The highest BCUT2D eigenvalue weighted by Gasteiger charge is 2.16. The van der Waals surface area contributed by atoms with Gasteiger partial charge in [0.25, 0.3) is 11.8 Å². The molecule has 0 atom stereocenters. The minimum absolute atomic E-state index is 0.00974. The lowest BCUT2D eigenvalue weighted by Crippen LogP contribution is -2.35. The number of amides is 2. The van der Waals surface area contributed by atoms with Crippen molar-refractivity contribution >= 4 is 27.6 Å². The first-order chi connectivity index (χ1) is 11.7. The summed E-state index contributed by atoms with van der Waals surface area (Å²) in [5.74, 6) is -2.28. The van der Waals surface area contributed by atoms with Crippen LogP contribution >= 0.6 is 0 Å². The van der Waals surface area contributed by atoms with E-state index < -0.39 is 34.2 Å². The van der Waals surface area contributed by atoms with E-state index in [1.165, 1.54) is 28.8 Å². The molecular formula is C16H16N2O6S. The number of sulfone groups is 1. The second kappa shape index (κ2) is 7.31. The number of aromatic nitrogens is 1. The third-order valence-corrected chi connectivity index (χ3v) is 4.37. The number of imide groups is 1. The maximum Gasteiger partial charge on any atom is 0.338 e. The fourth-order valence-electron chi connectivity index (χ4n) is 1.99.